The first kappa shape index (κ1) is 12.0. The van der Waals surface area contributed by atoms with Crippen LogP contribution in [0.25, 0.3) is 0 Å². The second-order valence-electron chi connectivity index (χ2n) is 8.30. The number of aliphatic hydroxyl groups is 1. The normalized spacial score (nSPS) is 54.0. The summed E-state index contributed by atoms with van der Waals surface area (Å²) < 4.78 is 0. The zero-order chi connectivity index (χ0) is 12.3. The molecular weight excluding hydrogens is 208 g/mol. The van der Waals surface area contributed by atoms with Crippen LogP contribution in [0.5, 0.6) is 0 Å². The summed E-state index contributed by atoms with van der Waals surface area (Å²) in [6, 6.07) is 0. The summed E-state index contributed by atoms with van der Waals surface area (Å²) in [5, 5.41) is 10.6. The third-order valence-corrected chi connectivity index (χ3v) is 5.94. The third kappa shape index (κ3) is 1.77. The van der Waals surface area contributed by atoms with Gasteiger partial charge in [-0.15, -0.1) is 0 Å². The Morgan fingerprint density at radius 2 is 1.65 bits per heavy atom. The van der Waals surface area contributed by atoms with Crippen LogP contribution in [0, 0.1) is 22.2 Å². The van der Waals surface area contributed by atoms with E-state index < -0.39 is 0 Å². The molecular formula is C16H28O. The molecule has 0 aromatic carbocycles. The lowest BCUT2D eigenvalue weighted by Gasteiger charge is -2.66. The zero-order valence-corrected chi connectivity index (χ0v) is 11.8. The van der Waals surface area contributed by atoms with Crippen LogP contribution >= 0.6 is 0 Å². The van der Waals surface area contributed by atoms with Gasteiger partial charge in [-0.2, -0.15) is 0 Å². The number of hydrogen-bond acceptors (Lipinski definition) is 1. The van der Waals surface area contributed by atoms with Gasteiger partial charge in [-0.1, -0.05) is 27.2 Å². The molecule has 3 atom stereocenters. The fraction of sp³-hybridized carbons (Fsp3) is 1.00. The molecule has 98 valence electrons. The maximum absolute atomic E-state index is 10.6. The fourth-order valence-electron chi connectivity index (χ4n) is 6.49. The maximum atomic E-state index is 10.6. The monoisotopic (exact) mass is 236 g/mol. The van der Waals surface area contributed by atoms with E-state index in [1.165, 1.54) is 38.5 Å². The summed E-state index contributed by atoms with van der Waals surface area (Å²) >= 11 is 0. The highest BCUT2D eigenvalue weighted by Crippen LogP contribution is 2.70. The van der Waals surface area contributed by atoms with Crippen LogP contribution < -0.4 is 0 Å². The van der Waals surface area contributed by atoms with E-state index in [9.17, 15) is 5.11 Å². The van der Waals surface area contributed by atoms with Gasteiger partial charge in [-0.05, 0) is 67.1 Å². The van der Waals surface area contributed by atoms with E-state index >= 15 is 0 Å². The van der Waals surface area contributed by atoms with Gasteiger partial charge in [-0.3, -0.25) is 0 Å². The predicted octanol–water partition coefficient (Wildman–Crippen LogP) is 4.14. The third-order valence-electron chi connectivity index (χ3n) is 5.94. The van der Waals surface area contributed by atoms with Gasteiger partial charge in [-0.25, -0.2) is 0 Å². The summed E-state index contributed by atoms with van der Waals surface area (Å²) in [4.78, 5) is 0. The number of aliphatic hydroxyl groups excluding tert-OH is 1. The summed E-state index contributed by atoms with van der Waals surface area (Å²) in [6.45, 7) is 7.18. The van der Waals surface area contributed by atoms with Crippen LogP contribution in [-0.2, 0) is 0 Å². The van der Waals surface area contributed by atoms with Gasteiger partial charge in [0.25, 0.3) is 0 Å². The van der Waals surface area contributed by atoms with Gasteiger partial charge in [0.05, 0.1) is 6.10 Å². The van der Waals surface area contributed by atoms with E-state index in [-0.39, 0.29) is 6.10 Å². The van der Waals surface area contributed by atoms with Crippen LogP contribution in [0.2, 0.25) is 0 Å². The van der Waals surface area contributed by atoms with Crippen LogP contribution in [-0.4, -0.2) is 11.2 Å². The van der Waals surface area contributed by atoms with Crippen molar-refractivity contribution in [2.24, 2.45) is 22.2 Å². The Morgan fingerprint density at radius 1 is 1.06 bits per heavy atom. The van der Waals surface area contributed by atoms with Crippen LogP contribution in [0.1, 0.15) is 72.1 Å². The molecule has 4 fully saturated rings. The van der Waals surface area contributed by atoms with Crippen molar-refractivity contribution < 1.29 is 5.11 Å². The molecule has 4 rings (SSSR count). The molecule has 17 heavy (non-hydrogen) atoms. The second kappa shape index (κ2) is 3.50. The van der Waals surface area contributed by atoms with E-state index in [2.05, 4.69) is 20.8 Å². The SMILES string of the molecule is CCCC(O)C12CC3CC(C)(CC(C)(C3)C1)C2. The van der Waals surface area contributed by atoms with Crippen molar-refractivity contribution in [2.75, 3.05) is 0 Å². The highest BCUT2D eigenvalue weighted by Gasteiger charge is 2.61. The van der Waals surface area contributed by atoms with Crippen molar-refractivity contribution >= 4 is 0 Å². The molecule has 0 amide bonds. The van der Waals surface area contributed by atoms with E-state index in [0.717, 1.165) is 18.8 Å². The smallest absolute Gasteiger partial charge is 0.0596 e. The lowest BCUT2D eigenvalue weighted by atomic mass is 9.39. The Kier molecular flexibility index (Phi) is 2.47. The van der Waals surface area contributed by atoms with E-state index in [4.69, 9.17) is 0 Å². The minimum Gasteiger partial charge on any atom is -0.393 e. The van der Waals surface area contributed by atoms with E-state index in [0.29, 0.717) is 16.2 Å². The maximum Gasteiger partial charge on any atom is 0.0596 e. The van der Waals surface area contributed by atoms with Gasteiger partial charge in [0.1, 0.15) is 0 Å². The molecule has 0 heterocycles. The van der Waals surface area contributed by atoms with Crippen molar-refractivity contribution in [3.05, 3.63) is 0 Å². The van der Waals surface area contributed by atoms with E-state index in [1.807, 2.05) is 0 Å². The molecule has 1 nitrogen and oxygen atoms in total. The molecule has 0 saturated heterocycles. The van der Waals surface area contributed by atoms with Crippen LogP contribution in [0.4, 0.5) is 0 Å². The molecule has 4 aliphatic rings. The first-order valence-electron chi connectivity index (χ1n) is 7.57. The molecule has 0 radical (unpaired) electrons. The quantitative estimate of drug-likeness (QED) is 0.780. The van der Waals surface area contributed by atoms with Crippen LogP contribution in [0.3, 0.4) is 0 Å². The lowest BCUT2D eigenvalue weighted by Crippen LogP contribution is -2.58. The van der Waals surface area contributed by atoms with Gasteiger partial charge < -0.3 is 5.11 Å². The topological polar surface area (TPSA) is 20.2 Å². The molecule has 1 heteroatoms. The number of hydrogen-bond donors (Lipinski definition) is 1. The van der Waals surface area contributed by atoms with Crippen molar-refractivity contribution in [1.29, 1.82) is 0 Å². The standard InChI is InChI=1S/C16H28O/c1-4-5-13(17)16-8-12-6-14(2,10-16)9-15(3,7-12)11-16/h12-13,17H,4-11H2,1-3H3. The second-order valence-corrected chi connectivity index (χ2v) is 8.30. The van der Waals surface area contributed by atoms with Gasteiger partial charge in [0.2, 0.25) is 0 Å². The fourth-order valence-corrected chi connectivity index (χ4v) is 6.49. The first-order valence-corrected chi connectivity index (χ1v) is 7.57. The summed E-state index contributed by atoms with van der Waals surface area (Å²) in [7, 11) is 0. The molecule has 4 saturated carbocycles. The van der Waals surface area contributed by atoms with Crippen molar-refractivity contribution in [2.45, 2.75) is 78.2 Å². The largest absolute Gasteiger partial charge is 0.393 e. The molecule has 4 aliphatic carbocycles. The minimum atomic E-state index is -0.0328. The Labute approximate surface area is 106 Å². The van der Waals surface area contributed by atoms with Crippen molar-refractivity contribution in [3.63, 3.8) is 0 Å². The Hall–Kier alpha value is -0.0400. The average Bonchev–Trinajstić information content (AvgIpc) is 2.11. The van der Waals surface area contributed by atoms with E-state index in [1.54, 1.807) is 0 Å². The van der Waals surface area contributed by atoms with Gasteiger partial charge in [0.15, 0.2) is 0 Å². The Balaban J connectivity index is 1.92. The zero-order valence-electron chi connectivity index (χ0n) is 11.8. The Morgan fingerprint density at radius 3 is 2.12 bits per heavy atom. The van der Waals surface area contributed by atoms with Crippen molar-refractivity contribution in [1.82, 2.24) is 0 Å². The molecule has 4 bridgehead atoms. The summed E-state index contributed by atoms with van der Waals surface area (Å²) in [5.41, 5.74) is 1.38. The summed E-state index contributed by atoms with van der Waals surface area (Å²) in [6.07, 6.45) is 10.3. The summed E-state index contributed by atoms with van der Waals surface area (Å²) in [5.74, 6) is 0.910. The minimum absolute atomic E-state index is 0.0328. The van der Waals surface area contributed by atoms with Gasteiger partial charge >= 0.3 is 0 Å². The Bertz CT molecular complexity index is 303. The highest BCUT2D eigenvalue weighted by atomic mass is 16.3. The molecule has 3 unspecified atom stereocenters. The highest BCUT2D eigenvalue weighted by molar-refractivity contribution is 5.12. The molecule has 0 aromatic rings. The first-order chi connectivity index (χ1) is 7.89. The lowest BCUT2D eigenvalue weighted by molar-refractivity contribution is -0.186. The van der Waals surface area contributed by atoms with Crippen molar-refractivity contribution in [3.8, 4) is 0 Å². The van der Waals surface area contributed by atoms with Crippen LogP contribution in [0.15, 0.2) is 0 Å². The van der Waals surface area contributed by atoms with Gasteiger partial charge in [0, 0.05) is 0 Å². The number of rotatable bonds is 3. The molecule has 0 spiro atoms. The molecule has 1 N–H and O–H groups in total. The molecule has 0 aliphatic heterocycles. The molecule has 0 aromatic heterocycles. The predicted molar refractivity (Wildman–Crippen MR) is 70.8 cm³/mol. The average molecular weight is 236 g/mol.